The Kier molecular flexibility index (Phi) is 8.13. The molecule has 3 N–H and O–H groups in total. The lowest BCUT2D eigenvalue weighted by molar-refractivity contribution is -0.122. The molecule has 0 aliphatic heterocycles. The van der Waals surface area contributed by atoms with Crippen LogP contribution in [-0.4, -0.2) is 44.6 Å². The number of carbonyl (C=O) groups is 2. The van der Waals surface area contributed by atoms with Crippen molar-refractivity contribution >= 4 is 17.5 Å². The molecule has 2 heterocycles. The summed E-state index contributed by atoms with van der Waals surface area (Å²) in [6.07, 6.45) is 1.44. The van der Waals surface area contributed by atoms with Gasteiger partial charge in [-0.1, -0.05) is 56.3 Å². The number of hydrogen-bond acceptors (Lipinski definition) is 9. The fourth-order valence-corrected chi connectivity index (χ4v) is 4.24. The molecular weight excluding hydrogens is 512 g/mol. The van der Waals surface area contributed by atoms with E-state index in [1.807, 2.05) is 56.3 Å². The molecule has 0 saturated carbocycles. The highest BCUT2D eigenvalue weighted by atomic mass is 16.5. The Balaban J connectivity index is 1.55. The van der Waals surface area contributed by atoms with Crippen molar-refractivity contribution in [2.75, 3.05) is 12.8 Å². The number of rotatable bonds is 10. The number of nitrogens with zero attached hydrogens (tertiary/aromatic N) is 4. The molecule has 0 saturated heterocycles. The lowest BCUT2D eigenvalue weighted by atomic mass is 9.84. The predicted molar refractivity (Wildman–Crippen MR) is 149 cm³/mol. The van der Waals surface area contributed by atoms with Crippen molar-refractivity contribution in [3.8, 4) is 17.0 Å². The summed E-state index contributed by atoms with van der Waals surface area (Å²) in [4.78, 5) is 43.3. The molecule has 0 aliphatic carbocycles. The molecule has 4 rings (SSSR count). The number of aromatic nitrogens is 4. The number of hydrogen-bond donors (Lipinski definition) is 2. The van der Waals surface area contributed by atoms with Gasteiger partial charge in [-0.3, -0.25) is 19.0 Å². The van der Waals surface area contributed by atoms with Crippen LogP contribution in [0.5, 0.6) is 5.75 Å². The molecule has 11 heteroatoms. The number of nitrogens with one attached hydrogen (secondary N) is 1. The van der Waals surface area contributed by atoms with Crippen molar-refractivity contribution in [3.05, 3.63) is 88.5 Å². The summed E-state index contributed by atoms with van der Waals surface area (Å²) in [7, 11) is 1.59. The fraction of sp³-hybridized carbons (Fsp3) is 0.310. The lowest BCUT2D eigenvalue weighted by Gasteiger charge is -2.22. The quantitative estimate of drug-likeness (QED) is 0.286. The first-order chi connectivity index (χ1) is 19.0. The third kappa shape index (κ3) is 5.78. The van der Waals surface area contributed by atoms with Gasteiger partial charge in [0, 0.05) is 0 Å². The molecule has 1 amide bonds. The first-order valence-electron chi connectivity index (χ1n) is 12.8. The van der Waals surface area contributed by atoms with Crippen molar-refractivity contribution < 1.29 is 18.7 Å². The number of ketones is 1. The molecule has 11 nitrogen and oxygen atoms in total. The molecule has 40 heavy (non-hydrogen) atoms. The largest absolute Gasteiger partial charge is 0.497 e. The van der Waals surface area contributed by atoms with E-state index in [0.29, 0.717) is 17.0 Å². The van der Waals surface area contributed by atoms with Crippen LogP contribution in [0.2, 0.25) is 0 Å². The first kappa shape index (κ1) is 28.2. The van der Waals surface area contributed by atoms with Gasteiger partial charge in [-0.25, -0.2) is 4.98 Å². The van der Waals surface area contributed by atoms with Crippen LogP contribution >= 0.6 is 0 Å². The molecule has 0 spiro atoms. The van der Waals surface area contributed by atoms with Gasteiger partial charge in [0.05, 0.1) is 30.5 Å². The van der Waals surface area contributed by atoms with E-state index in [4.69, 9.17) is 14.9 Å². The second kappa shape index (κ2) is 11.5. The van der Waals surface area contributed by atoms with Crippen LogP contribution in [0.25, 0.3) is 11.3 Å². The number of nitrogen functional groups attached to an aromatic ring is 1. The predicted octanol–water partition coefficient (Wildman–Crippen LogP) is 3.23. The van der Waals surface area contributed by atoms with Gasteiger partial charge in [-0.15, -0.1) is 10.2 Å². The highest BCUT2D eigenvalue weighted by Crippen LogP contribution is 2.31. The van der Waals surface area contributed by atoms with E-state index in [0.717, 1.165) is 5.56 Å². The van der Waals surface area contributed by atoms with Gasteiger partial charge in [-0.05, 0) is 43.0 Å². The summed E-state index contributed by atoms with van der Waals surface area (Å²) in [5, 5.41) is 10.9. The second-order valence-corrected chi connectivity index (χ2v) is 10.2. The van der Waals surface area contributed by atoms with Crippen molar-refractivity contribution in [3.63, 3.8) is 0 Å². The summed E-state index contributed by atoms with van der Waals surface area (Å²) in [6.45, 7) is 7.01. The summed E-state index contributed by atoms with van der Waals surface area (Å²) in [6, 6.07) is 15.5. The van der Waals surface area contributed by atoms with Gasteiger partial charge in [0.2, 0.25) is 17.6 Å². The number of nitrogens with two attached hydrogens (primary N) is 1. The second-order valence-electron chi connectivity index (χ2n) is 10.2. The molecule has 0 fully saturated rings. The van der Waals surface area contributed by atoms with E-state index in [-0.39, 0.29) is 30.1 Å². The SMILES string of the molecule is COc1ccc(C(C)(C)c2nnc(C(=O)[C@@H](NC(=O)Cn3c(-c4ccccc4)cnc(N)c3=O)C(C)C)o2)cc1. The Morgan fingerprint density at radius 3 is 2.38 bits per heavy atom. The highest BCUT2D eigenvalue weighted by Gasteiger charge is 2.34. The molecule has 0 aliphatic rings. The van der Waals surface area contributed by atoms with E-state index in [9.17, 15) is 14.4 Å². The minimum atomic E-state index is -0.972. The van der Waals surface area contributed by atoms with Crippen molar-refractivity contribution in [2.45, 2.75) is 45.7 Å². The summed E-state index contributed by atoms with van der Waals surface area (Å²) < 4.78 is 12.3. The van der Waals surface area contributed by atoms with E-state index in [1.54, 1.807) is 33.1 Å². The van der Waals surface area contributed by atoms with E-state index in [2.05, 4.69) is 20.5 Å². The van der Waals surface area contributed by atoms with E-state index >= 15 is 0 Å². The number of Topliss-reactive ketones (excluding diaryl/α,β-unsaturated/α-hetero) is 1. The Morgan fingerprint density at radius 2 is 1.75 bits per heavy atom. The number of ether oxygens (including phenoxy) is 1. The van der Waals surface area contributed by atoms with Crippen molar-refractivity contribution in [1.29, 1.82) is 0 Å². The molecule has 2 aromatic heterocycles. The molecule has 1 atom stereocenters. The Bertz CT molecular complexity index is 1560. The number of anilines is 1. The monoisotopic (exact) mass is 544 g/mol. The maximum atomic E-state index is 13.4. The van der Waals surface area contributed by atoms with Crippen LogP contribution in [0.3, 0.4) is 0 Å². The van der Waals surface area contributed by atoms with Crippen molar-refractivity contribution in [2.24, 2.45) is 5.92 Å². The Labute approximate surface area is 231 Å². The zero-order chi connectivity index (χ0) is 29.0. The normalized spacial score (nSPS) is 12.2. The number of amides is 1. The Hall–Kier alpha value is -4.80. The van der Waals surface area contributed by atoms with Gasteiger partial charge in [0.15, 0.2) is 5.82 Å². The van der Waals surface area contributed by atoms with Gasteiger partial charge in [-0.2, -0.15) is 0 Å². The van der Waals surface area contributed by atoms with Crippen LogP contribution in [0.4, 0.5) is 5.82 Å². The number of benzene rings is 2. The average Bonchev–Trinajstić information content (AvgIpc) is 3.46. The van der Waals surface area contributed by atoms with Crippen molar-refractivity contribution in [1.82, 2.24) is 25.1 Å². The third-order valence-corrected chi connectivity index (χ3v) is 6.70. The first-order valence-corrected chi connectivity index (χ1v) is 12.8. The summed E-state index contributed by atoms with van der Waals surface area (Å²) in [5.41, 5.74) is 6.45. The molecular formula is C29H32N6O5. The van der Waals surface area contributed by atoms with Crippen LogP contribution in [0.1, 0.15) is 49.8 Å². The van der Waals surface area contributed by atoms with Crippen LogP contribution in [0.15, 0.2) is 70.0 Å². The zero-order valence-corrected chi connectivity index (χ0v) is 23.0. The lowest BCUT2D eigenvalue weighted by Crippen LogP contribution is -2.46. The zero-order valence-electron chi connectivity index (χ0n) is 23.0. The fourth-order valence-electron chi connectivity index (χ4n) is 4.24. The molecule has 208 valence electrons. The van der Waals surface area contributed by atoms with Gasteiger partial charge < -0.3 is 20.2 Å². The number of methoxy groups -OCH3 is 1. The third-order valence-electron chi connectivity index (χ3n) is 6.70. The molecule has 2 aromatic carbocycles. The maximum Gasteiger partial charge on any atom is 0.294 e. The Morgan fingerprint density at radius 1 is 1.07 bits per heavy atom. The topological polar surface area (TPSA) is 155 Å². The summed E-state index contributed by atoms with van der Waals surface area (Å²) >= 11 is 0. The van der Waals surface area contributed by atoms with E-state index in [1.165, 1.54) is 10.8 Å². The molecule has 0 bridgehead atoms. The molecule has 0 radical (unpaired) electrons. The van der Waals surface area contributed by atoms with E-state index < -0.39 is 28.7 Å². The smallest absolute Gasteiger partial charge is 0.294 e. The van der Waals surface area contributed by atoms with Gasteiger partial charge >= 0.3 is 0 Å². The maximum absolute atomic E-state index is 13.4. The van der Waals surface area contributed by atoms with Gasteiger partial charge in [0.25, 0.3) is 11.4 Å². The molecule has 4 aromatic rings. The standard InChI is InChI=1S/C29H32N6O5/c1-17(2)23(24(37)26-33-34-28(40-26)29(3,4)19-11-13-20(39-5)14-12-19)32-22(36)16-35-21(15-31-25(30)27(35)38)18-9-7-6-8-10-18/h6-15,17,23H,16H2,1-5H3,(H2,30,31)(H,32,36)/t23-/m0/s1. The molecule has 0 unspecified atom stereocenters. The van der Waals surface area contributed by atoms with Crippen LogP contribution < -0.4 is 21.3 Å². The van der Waals surface area contributed by atoms with Crippen LogP contribution in [-0.2, 0) is 16.8 Å². The van der Waals surface area contributed by atoms with Crippen LogP contribution in [0, 0.1) is 5.92 Å². The summed E-state index contributed by atoms with van der Waals surface area (Å²) in [5.74, 6) is -0.889. The highest BCUT2D eigenvalue weighted by molar-refractivity contribution is 5.98. The number of carbonyl (C=O) groups excluding carboxylic acids is 2. The average molecular weight is 545 g/mol. The van der Waals surface area contributed by atoms with Gasteiger partial charge in [0.1, 0.15) is 12.3 Å². The minimum absolute atomic E-state index is 0.217. The minimum Gasteiger partial charge on any atom is -0.497 e.